The maximum absolute atomic E-state index is 14.2. The third-order valence-corrected chi connectivity index (χ3v) is 5.67. The molecule has 0 bridgehead atoms. The summed E-state index contributed by atoms with van der Waals surface area (Å²) in [4.78, 5) is 30.8. The predicted octanol–water partition coefficient (Wildman–Crippen LogP) is 4.83. The van der Waals surface area contributed by atoms with Crippen LogP contribution in [0.25, 0.3) is 21.9 Å². The van der Waals surface area contributed by atoms with Crippen molar-refractivity contribution in [2.45, 2.75) is 13.1 Å². The van der Waals surface area contributed by atoms with E-state index in [4.69, 9.17) is 11.6 Å². The van der Waals surface area contributed by atoms with Crippen LogP contribution in [0, 0.1) is 5.82 Å². The van der Waals surface area contributed by atoms with Crippen LogP contribution >= 0.6 is 11.6 Å². The number of halogens is 2. The van der Waals surface area contributed by atoms with Gasteiger partial charge in [0.2, 0.25) is 5.91 Å². The molecule has 0 spiro atoms. The van der Waals surface area contributed by atoms with Gasteiger partial charge in [-0.2, -0.15) is 0 Å². The molecule has 0 unspecified atom stereocenters. The lowest BCUT2D eigenvalue weighted by Gasteiger charge is -2.10. The summed E-state index contributed by atoms with van der Waals surface area (Å²) in [5.74, 6) is -1.11. The molecular formula is C25H18ClFN4O2. The average molecular weight is 461 g/mol. The van der Waals surface area contributed by atoms with Gasteiger partial charge >= 0.3 is 0 Å². The molecule has 0 saturated carbocycles. The number of carbonyl (C=O) groups is 1. The monoisotopic (exact) mass is 460 g/mol. The summed E-state index contributed by atoms with van der Waals surface area (Å²) in [5.41, 5.74) is 2.25. The zero-order valence-corrected chi connectivity index (χ0v) is 18.1. The molecule has 33 heavy (non-hydrogen) atoms. The summed E-state index contributed by atoms with van der Waals surface area (Å²) in [5, 5.41) is 3.56. The Morgan fingerprint density at radius 2 is 1.79 bits per heavy atom. The lowest BCUT2D eigenvalue weighted by Crippen LogP contribution is -2.25. The van der Waals surface area contributed by atoms with Crippen LogP contribution in [-0.4, -0.2) is 20.0 Å². The fourth-order valence-corrected chi connectivity index (χ4v) is 4.09. The number of anilines is 1. The molecule has 2 aromatic heterocycles. The fraction of sp³-hybridized carbons (Fsp3) is 0.0800. The second-order valence-corrected chi connectivity index (χ2v) is 8.07. The summed E-state index contributed by atoms with van der Waals surface area (Å²) in [6.45, 7) is 0.171. The van der Waals surface area contributed by atoms with E-state index in [-0.39, 0.29) is 22.8 Å². The first kappa shape index (κ1) is 20.9. The molecule has 0 aliphatic rings. The number of para-hydroxylation sites is 1. The number of hydrogen-bond acceptors (Lipinski definition) is 3. The van der Waals surface area contributed by atoms with Crippen molar-refractivity contribution < 1.29 is 9.18 Å². The van der Waals surface area contributed by atoms with Gasteiger partial charge in [0.05, 0.1) is 24.1 Å². The standard InChI is InChI=1S/C25H18ClFN4O2/c26-17-10-11-20(19(27)12-17)29-22(32)14-31-21-9-5-4-8-18(21)23-24(31)25(33)30(15-28-23)13-16-6-2-1-3-7-16/h1-12,15H,13-14H2,(H,29,32). The quantitative estimate of drug-likeness (QED) is 0.408. The van der Waals surface area contributed by atoms with Crippen molar-refractivity contribution in [3.05, 3.63) is 106 Å². The van der Waals surface area contributed by atoms with Gasteiger partial charge in [-0.3, -0.25) is 14.2 Å². The smallest absolute Gasteiger partial charge is 0.278 e. The Morgan fingerprint density at radius 1 is 1.03 bits per heavy atom. The molecule has 0 fully saturated rings. The molecular weight excluding hydrogens is 443 g/mol. The number of aromatic nitrogens is 3. The number of amides is 1. The average Bonchev–Trinajstić information content (AvgIpc) is 3.12. The van der Waals surface area contributed by atoms with Gasteiger partial charge in [0.1, 0.15) is 23.4 Å². The van der Waals surface area contributed by atoms with Gasteiger partial charge in [-0.1, -0.05) is 60.1 Å². The van der Waals surface area contributed by atoms with Crippen molar-refractivity contribution >= 4 is 45.1 Å². The zero-order valence-electron chi connectivity index (χ0n) is 17.3. The first-order valence-electron chi connectivity index (χ1n) is 10.3. The van der Waals surface area contributed by atoms with E-state index < -0.39 is 11.7 Å². The van der Waals surface area contributed by atoms with Crippen molar-refractivity contribution in [1.29, 1.82) is 0 Å². The molecule has 1 amide bonds. The minimum Gasteiger partial charge on any atom is -0.325 e. The largest absolute Gasteiger partial charge is 0.325 e. The summed E-state index contributed by atoms with van der Waals surface area (Å²) >= 11 is 5.79. The van der Waals surface area contributed by atoms with E-state index in [0.29, 0.717) is 23.1 Å². The van der Waals surface area contributed by atoms with Crippen LogP contribution in [-0.2, 0) is 17.9 Å². The van der Waals surface area contributed by atoms with Gasteiger partial charge in [-0.15, -0.1) is 0 Å². The maximum Gasteiger partial charge on any atom is 0.278 e. The van der Waals surface area contributed by atoms with Crippen molar-refractivity contribution in [2.24, 2.45) is 0 Å². The highest BCUT2D eigenvalue weighted by atomic mass is 35.5. The molecule has 8 heteroatoms. The van der Waals surface area contributed by atoms with E-state index in [9.17, 15) is 14.0 Å². The highest BCUT2D eigenvalue weighted by Crippen LogP contribution is 2.26. The van der Waals surface area contributed by atoms with E-state index in [2.05, 4.69) is 10.3 Å². The van der Waals surface area contributed by atoms with Gasteiger partial charge in [-0.05, 0) is 29.8 Å². The van der Waals surface area contributed by atoms with Gasteiger partial charge in [0.25, 0.3) is 5.56 Å². The number of rotatable bonds is 5. The van der Waals surface area contributed by atoms with Crippen molar-refractivity contribution in [3.8, 4) is 0 Å². The molecule has 5 rings (SSSR count). The third kappa shape index (κ3) is 3.99. The van der Waals surface area contributed by atoms with Crippen molar-refractivity contribution in [3.63, 3.8) is 0 Å². The van der Waals surface area contributed by atoms with Crippen LogP contribution in [0.5, 0.6) is 0 Å². The Hall–Kier alpha value is -3.97. The molecule has 0 radical (unpaired) electrons. The van der Waals surface area contributed by atoms with Crippen LogP contribution in [0.15, 0.2) is 83.9 Å². The first-order valence-corrected chi connectivity index (χ1v) is 10.6. The summed E-state index contributed by atoms with van der Waals surface area (Å²) in [6.07, 6.45) is 1.53. The molecule has 6 nitrogen and oxygen atoms in total. The van der Waals surface area contributed by atoms with Crippen LogP contribution in [0.3, 0.4) is 0 Å². The van der Waals surface area contributed by atoms with E-state index in [0.717, 1.165) is 17.0 Å². The molecule has 164 valence electrons. The lowest BCUT2D eigenvalue weighted by atomic mass is 10.2. The van der Waals surface area contributed by atoms with Crippen molar-refractivity contribution in [1.82, 2.24) is 14.1 Å². The number of nitrogens with zero attached hydrogens (tertiary/aromatic N) is 3. The second kappa shape index (κ2) is 8.52. The molecule has 1 N–H and O–H groups in total. The predicted molar refractivity (Wildman–Crippen MR) is 127 cm³/mol. The molecule has 0 aliphatic carbocycles. The van der Waals surface area contributed by atoms with Crippen LogP contribution in [0.2, 0.25) is 5.02 Å². The second-order valence-electron chi connectivity index (χ2n) is 7.64. The van der Waals surface area contributed by atoms with Crippen LogP contribution in [0.1, 0.15) is 5.56 Å². The van der Waals surface area contributed by atoms with E-state index in [1.807, 2.05) is 54.6 Å². The first-order chi connectivity index (χ1) is 16.0. The molecule has 5 aromatic rings. The van der Waals surface area contributed by atoms with Crippen LogP contribution in [0.4, 0.5) is 10.1 Å². The number of carbonyl (C=O) groups excluding carboxylic acids is 1. The SMILES string of the molecule is O=C(Cn1c2ccccc2c2ncn(Cc3ccccc3)c(=O)c21)Nc1ccc(Cl)cc1F. The maximum atomic E-state index is 14.2. The van der Waals surface area contributed by atoms with E-state index >= 15 is 0 Å². The number of benzene rings is 3. The number of nitrogens with one attached hydrogen (secondary N) is 1. The Labute approximate surface area is 192 Å². The summed E-state index contributed by atoms with van der Waals surface area (Å²) in [6, 6.07) is 21.0. The lowest BCUT2D eigenvalue weighted by molar-refractivity contribution is -0.116. The topological polar surface area (TPSA) is 68.9 Å². The molecule has 2 heterocycles. The Kier molecular flexibility index (Phi) is 5.40. The Balaban J connectivity index is 1.58. The summed E-state index contributed by atoms with van der Waals surface area (Å²) in [7, 11) is 0. The van der Waals surface area contributed by atoms with Crippen molar-refractivity contribution in [2.75, 3.05) is 5.32 Å². The molecule has 3 aromatic carbocycles. The normalized spacial score (nSPS) is 11.2. The summed E-state index contributed by atoms with van der Waals surface area (Å²) < 4.78 is 17.3. The number of hydrogen-bond donors (Lipinski definition) is 1. The minimum absolute atomic E-state index is 0.0183. The molecule has 0 atom stereocenters. The Morgan fingerprint density at radius 3 is 2.58 bits per heavy atom. The number of fused-ring (bicyclic) bond motifs is 3. The molecule has 0 aliphatic heterocycles. The fourth-order valence-electron chi connectivity index (χ4n) is 3.93. The third-order valence-electron chi connectivity index (χ3n) is 5.44. The van der Waals surface area contributed by atoms with Crippen LogP contribution < -0.4 is 10.9 Å². The Bertz CT molecular complexity index is 1560. The van der Waals surface area contributed by atoms with Gasteiger partial charge in [0.15, 0.2) is 0 Å². The highest BCUT2D eigenvalue weighted by Gasteiger charge is 2.19. The van der Waals surface area contributed by atoms with Gasteiger partial charge in [-0.25, -0.2) is 9.37 Å². The van der Waals surface area contributed by atoms with E-state index in [1.165, 1.54) is 23.0 Å². The van der Waals surface area contributed by atoms with Gasteiger partial charge < -0.3 is 9.88 Å². The van der Waals surface area contributed by atoms with E-state index in [1.54, 1.807) is 4.57 Å². The van der Waals surface area contributed by atoms with Gasteiger partial charge in [0, 0.05) is 10.4 Å². The zero-order chi connectivity index (χ0) is 22.9. The highest BCUT2D eigenvalue weighted by molar-refractivity contribution is 6.30. The molecule has 0 saturated heterocycles. The minimum atomic E-state index is -0.634.